The molecule has 7 heteroatoms. The zero-order valence-electron chi connectivity index (χ0n) is 17.9. The normalized spacial score (nSPS) is 22.6. The van der Waals surface area contributed by atoms with Gasteiger partial charge in [0.25, 0.3) is 0 Å². The van der Waals surface area contributed by atoms with Crippen LogP contribution < -0.4 is 10.1 Å². The van der Waals surface area contributed by atoms with Gasteiger partial charge in [-0.2, -0.15) is 0 Å². The Labute approximate surface area is 177 Å². The number of carbonyl (C=O) groups excluding carboxylic acids is 3. The Bertz CT molecular complexity index is 781. The van der Waals surface area contributed by atoms with Gasteiger partial charge in [0.15, 0.2) is 11.6 Å². The summed E-state index contributed by atoms with van der Waals surface area (Å²) in [5.74, 6) is -1.25. The number of benzene rings is 1. The molecule has 1 aromatic rings. The third-order valence-electron chi connectivity index (χ3n) is 6.12. The summed E-state index contributed by atoms with van der Waals surface area (Å²) < 4.78 is 19.4. The molecule has 164 valence electrons. The van der Waals surface area contributed by atoms with Crippen LogP contribution in [0.25, 0.3) is 0 Å². The SMILES string of the molecule is CC(C)(C)C(COc1ccccc1F)NC(=O)CCN1C(=O)C2CCCCC2C1=O. The average molecular weight is 419 g/mol. The lowest BCUT2D eigenvalue weighted by Gasteiger charge is -2.31. The molecule has 6 nitrogen and oxygen atoms in total. The fraction of sp³-hybridized carbons (Fsp3) is 0.609. The van der Waals surface area contributed by atoms with Crippen molar-refractivity contribution < 1.29 is 23.5 Å². The fourth-order valence-electron chi connectivity index (χ4n) is 4.17. The number of carbonyl (C=O) groups is 3. The molecule has 0 radical (unpaired) electrons. The van der Waals surface area contributed by atoms with Crippen molar-refractivity contribution in [3.63, 3.8) is 0 Å². The van der Waals surface area contributed by atoms with Crippen LogP contribution in [-0.2, 0) is 14.4 Å². The van der Waals surface area contributed by atoms with Crippen molar-refractivity contribution in [3.8, 4) is 5.75 Å². The summed E-state index contributed by atoms with van der Waals surface area (Å²) in [7, 11) is 0. The van der Waals surface area contributed by atoms with Crippen molar-refractivity contribution in [2.24, 2.45) is 17.3 Å². The van der Waals surface area contributed by atoms with Crippen LogP contribution >= 0.6 is 0 Å². The number of ether oxygens (including phenoxy) is 1. The molecule has 3 unspecified atom stereocenters. The topological polar surface area (TPSA) is 75.7 Å². The smallest absolute Gasteiger partial charge is 0.233 e. The molecule has 1 aromatic carbocycles. The third-order valence-corrected chi connectivity index (χ3v) is 6.12. The quantitative estimate of drug-likeness (QED) is 0.690. The summed E-state index contributed by atoms with van der Waals surface area (Å²) in [4.78, 5) is 38.9. The van der Waals surface area contributed by atoms with Crippen LogP contribution in [0.3, 0.4) is 0 Å². The Balaban J connectivity index is 1.55. The summed E-state index contributed by atoms with van der Waals surface area (Å²) in [5, 5.41) is 2.93. The first kappa shape index (κ1) is 22.2. The van der Waals surface area contributed by atoms with Crippen LogP contribution in [0.2, 0.25) is 0 Å². The maximum Gasteiger partial charge on any atom is 0.233 e. The highest BCUT2D eigenvalue weighted by Gasteiger charge is 2.47. The van der Waals surface area contributed by atoms with E-state index in [9.17, 15) is 18.8 Å². The lowest BCUT2D eigenvalue weighted by molar-refractivity contribution is -0.140. The molecule has 1 aliphatic carbocycles. The molecule has 3 atom stereocenters. The third kappa shape index (κ3) is 4.99. The van der Waals surface area contributed by atoms with Gasteiger partial charge in [0.05, 0.1) is 17.9 Å². The molecular weight excluding hydrogens is 387 g/mol. The molecule has 2 fully saturated rings. The molecule has 0 spiro atoms. The van der Waals surface area contributed by atoms with E-state index < -0.39 is 5.82 Å². The molecule has 3 rings (SSSR count). The number of hydrogen-bond acceptors (Lipinski definition) is 4. The van der Waals surface area contributed by atoms with Gasteiger partial charge in [-0.05, 0) is 30.4 Å². The van der Waals surface area contributed by atoms with Crippen molar-refractivity contribution in [1.82, 2.24) is 10.2 Å². The first-order valence-electron chi connectivity index (χ1n) is 10.7. The van der Waals surface area contributed by atoms with Crippen LogP contribution in [0.15, 0.2) is 24.3 Å². The number of rotatable bonds is 7. The predicted molar refractivity (Wildman–Crippen MR) is 110 cm³/mol. The fourth-order valence-corrected chi connectivity index (χ4v) is 4.17. The number of nitrogens with zero attached hydrogens (tertiary/aromatic N) is 1. The van der Waals surface area contributed by atoms with Gasteiger partial charge in [0.2, 0.25) is 17.7 Å². The van der Waals surface area contributed by atoms with Gasteiger partial charge in [-0.1, -0.05) is 45.7 Å². The van der Waals surface area contributed by atoms with Crippen molar-refractivity contribution >= 4 is 17.7 Å². The summed E-state index contributed by atoms with van der Waals surface area (Å²) in [6, 6.07) is 5.77. The van der Waals surface area contributed by atoms with E-state index in [0.717, 1.165) is 25.7 Å². The highest BCUT2D eigenvalue weighted by Crippen LogP contribution is 2.38. The number of para-hydroxylation sites is 1. The second-order valence-electron chi connectivity index (χ2n) is 9.30. The number of imide groups is 1. The maximum atomic E-state index is 13.8. The molecule has 0 bridgehead atoms. The first-order valence-corrected chi connectivity index (χ1v) is 10.7. The van der Waals surface area contributed by atoms with E-state index in [1.807, 2.05) is 20.8 Å². The van der Waals surface area contributed by atoms with Crippen molar-refractivity contribution in [2.75, 3.05) is 13.2 Å². The number of likely N-dealkylation sites (tertiary alicyclic amines) is 1. The lowest BCUT2D eigenvalue weighted by Crippen LogP contribution is -2.48. The summed E-state index contributed by atoms with van der Waals surface area (Å²) >= 11 is 0. The van der Waals surface area contributed by atoms with E-state index in [1.165, 1.54) is 11.0 Å². The second kappa shape index (κ2) is 9.14. The van der Waals surface area contributed by atoms with E-state index in [-0.39, 0.29) is 66.3 Å². The summed E-state index contributed by atoms with van der Waals surface area (Å²) in [5.41, 5.74) is -0.324. The minimum absolute atomic E-state index is 0.0448. The molecule has 30 heavy (non-hydrogen) atoms. The molecule has 1 N–H and O–H groups in total. The Hall–Kier alpha value is -2.44. The molecule has 1 aliphatic heterocycles. The maximum absolute atomic E-state index is 13.8. The number of hydrogen-bond donors (Lipinski definition) is 1. The van der Waals surface area contributed by atoms with E-state index in [0.29, 0.717) is 0 Å². The standard InChI is InChI=1S/C23H31FN2O4/c1-23(2,3)19(14-30-18-11-7-6-10-17(18)24)25-20(27)12-13-26-21(28)15-8-4-5-9-16(15)22(26)29/h6-7,10-11,15-16,19H,4-5,8-9,12-14H2,1-3H3,(H,25,27). The van der Waals surface area contributed by atoms with Crippen molar-refractivity contribution in [2.45, 2.75) is 58.9 Å². The molecule has 1 heterocycles. The van der Waals surface area contributed by atoms with Gasteiger partial charge < -0.3 is 10.1 Å². The Kier molecular flexibility index (Phi) is 6.78. The first-order chi connectivity index (χ1) is 14.2. The second-order valence-corrected chi connectivity index (χ2v) is 9.30. The van der Waals surface area contributed by atoms with E-state index in [4.69, 9.17) is 4.74 Å². The number of amides is 3. The Morgan fingerprint density at radius 3 is 2.33 bits per heavy atom. The molecule has 2 aliphatic rings. The van der Waals surface area contributed by atoms with Gasteiger partial charge in [-0.3, -0.25) is 19.3 Å². The lowest BCUT2D eigenvalue weighted by atomic mass is 9.81. The van der Waals surface area contributed by atoms with Crippen molar-refractivity contribution in [3.05, 3.63) is 30.1 Å². The predicted octanol–water partition coefficient (Wildman–Crippen LogP) is 3.30. The summed E-state index contributed by atoms with van der Waals surface area (Å²) in [6.07, 6.45) is 3.52. The molecule has 3 amide bonds. The minimum Gasteiger partial charge on any atom is -0.488 e. The largest absolute Gasteiger partial charge is 0.488 e. The van der Waals surface area contributed by atoms with Gasteiger partial charge in [0, 0.05) is 13.0 Å². The number of fused-ring (bicyclic) bond motifs is 1. The van der Waals surface area contributed by atoms with Gasteiger partial charge >= 0.3 is 0 Å². The van der Waals surface area contributed by atoms with Crippen LogP contribution in [0, 0.1) is 23.1 Å². The average Bonchev–Trinajstić information content (AvgIpc) is 2.94. The van der Waals surface area contributed by atoms with Gasteiger partial charge in [-0.15, -0.1) is 0 Å². The van der Waals surface area contributed by atoms with Crippen LogP contribution in [0.5, 0.6) is 5.75 Å². The molecular formula is C23H31FN2O4. The highest BCUT2D eigenvalue weighted by atomic mass is 19.1. The highest BCUT2D eigenvalue weighted by molar-refractivity contribution is 6.05. The van der Waals surface area contributed by atoms with Crippen LogP contribution in [-0.4, -0.2) is 41.8 Å². The van der Waals surface area contributed by atoms with E-state index >= 15 is 0 Å². The molecule has 1 saturated carbocycles. The zero-order valence-corrected chi connectivity index (χ0v) is 17.9. The van der Waals surface area contributed by atoms with E-state index in [2.05, 4.69) is 5.32 Å². The molecule has 1 saturated heterocycles. The van der Waals surface area contributed by atoms with Crippen LogP contribution in [0.1, 0.15) is 52.9 Å². The Morgan fingerprint density at radius 1 is 1.17 bits per heavy atom. The van der Waals surface area contributed by atoms with E-state index in [1.54, 1.807) is 18.2 Å². The Morgan fingerprint density at radius 2 is 1.77 bits per heavy atom. The van der Waals surface area contributed by atoms with Crippen molar-refractivity contribution in [1.29, 1.82) is 0 Å². The number of halogens is 1. The zero-order chi connectivity index (χ0) is 21.9. The molecule has 0 aromatic heterocycles. The van der Waals surface area contributed by atoms with Gasteiger partial charge in [-0.25, -0.2) is 4.39 Å². The number of nitrogens with one attached hydrogen (secondary N) is 1. The minimum atomic E-state index is -0.455. The monoisotopic (exact) mass is 418 g/mol. The summed E-state index contributed by atoms with van der Waals surface area (Å²) in [6.45, 7) is 6.09. The van der Waals surface area contributed by atoms with Gasteiger partial charge in [0.1, 0.15) is 6.61 Å². The van der Waals surface area contributed by atoms with Crippen LogP contribution in [0.4, 0.5) is 4.39 Å².